The molecule has 0 spiro atoms. The highest BCUT2D eigenvalue weighted by Gasteiger charge is 2.47. The predicted octanol–water partition coefficient (Wildman–Crippen LogP) is 2.36. The Morgan fingerprint density at radius 3 is 2.52 bits per heavy atom. The second-order valence-corrected chi connectivity index (χ2v) is 5.47. The molecule has 1 N–H and O–H groups in total. The molecule has 1 aliphatic heterocycles. The summed E-state index contributed by atoms with van der Waals surface area (Å²) in [5.41, 5.74) is 3.06. The molecule has 1 atom stereocenters. The van der Waals surface area contributed by atoms with Gasteiger partial charge in [0, 0.05) is 6.54 Å². The average molecular weight is 346 g/mol. The Morgan fingerprint density at radius 1 is 1.24 bits per heavy atom. The Labute approximate surface area is 146 Å². The van der Waals surface area contributed by atoms with Gasteiger partial charge < -0.3 is 9.64 Å². The third-order valence-electron chi connectivity index (χ3n) is 3.68. The minimum atomic E-state index is -0.852. The fourth-order valence-electron chi connectivity index (χ4n) is 2.63. The van der Waals surface area contributed by atoms with Gasteiger partial charge in [0.05, 0.1) is 18.0 Å². The minimum absolute atomic E-state index is 0.213. The van der Waals surface area contributed by atoms with Gasteiger partial charge in [0.15, 0.2) is 6.04 Å². The lowest BCUT2D eigenvalue weighted by Gasteiger charge is -2.20. The molecule has 1 aliphatic rings. The van der Waals surface area contributed by atoms with Gasteiger partial charge in [-0.2, -0.15) is 5.10 Å². The number of imide groups is 1. The highest BCUT2D eigenvalue weighted by atomic mass is 16.5. The lowest BCUT2D eigenvalue weighted by molar-refractivity contribution is -0.118. The third-order valence-corrected chi connectivity index (χ3v) is 3.68. The molecule has 0 saturated carbocycles. The first-order valence-electron chi connectivity index (χ1n) is 8.17. The summed E-state index contributed by atoms with van der Waals surface area (Å²) in [4.78, 5) is 39.6. The van der Waals surface area contributed by atoms with Crippen LogP contribution in [0.4, 0.5) is 15.3 Å². The van der Waals surface area contributed by atoms with Gasteiger partial charge in [0.2, 0.25) is 0 Å². The van der Waals surface area contributed by atoms with Crippen LogP contribution in [0.2, 0.25) is 0 Å². The smallest absolute Gasteiger partial charge is 0.427 e. The molecule has 1 fully saturated rings. The van der Waals surface area contributed by atoms with Crippen molar-refractivity contribution in [3.05, 3.63) is 30.3 Å². The van der Waals surface area contributed by atoms with E-state index in [-0.39, 0.29) is 6.61 Å². The van der Waals surface area contributed by atoms with E-state index in [4.69, 9.17) is 4.74 Å². The summed E-state index contributed by atoms with van der Waals surface area (Å²) < 4.78 is 4.73. The van der Waals surface area contributed by atoms with Crippen molar-refractivity contribution in [1.82, 2.24) is 10.3 Å². The van der Waals surface area contributed by atoms with E-state index < -0.39 is 24.1 Å². The molecule has 0 radical (unpaired) electrons. The summed E-state index contributed by atoms with van der Waals surface area (Å²) >= 11 is 0. The number of hydrogen-bond acceptors (Lipinski definition) is 5. The lowest BCUT2D eigenvalue weighted by atomic mass is 10.1. The zero-order valence-electron chi connectivity index (χ0n) is 14.6. The molecule has 134 valence electrons. The van der Waals surface area contributed by atoms with Crippen molar-refractivity contribution in [2.75, 3.05) is 18.1 Å². The molecule has 0 aliphatic carbocycles. The molecule has 2 rings (SSSR count). The molecule has 1 aromatic rings. The fourth-order valence-corrected chi connectivity index (χ4v) is 2.63. The summed E-state index contributed by atoms with van der Waals surface area (Å²) in [5, 5.41) is 3.92. The maximum atomic E-state index is 12.9. The summed E-state index contributed by atoms with van der Waals surface area (Å²) in [6.45, 7) is 5.81. The molecule has 8 nitrogen and oxygen atoms in total. The van der Waals surface area contributed by atoms with Gasteiger partial charge in [-0.3, -0.25) is 4.79 Å². The van der Waals surface area contributed by atoms with Crippen molar-refractivity contribution in [2.45, 2.75) is 33.2 Å². The summed E-state index contributed by atoms with van der Waals surface area (Å²) in [6, 6.07) is 7.49. The van der Waals surface area contributed by atoms with Crippen LogP contribution in [0, 0.1) is 0 Å². The Bertz CT molecular complexity index is 674. The van der Waals surface area contributed by atoms with Gasteiger partial charge in [-0.15, -0.1) is 0 Å². The number of rotatable bonds is 6. The monoisotopic (exact) mass is 346 g/mol. The second-order valence-electron chi connectivity index (χ2n) is 5.47. The van der Waals surface area contributed by atoms with Crippen LogP contribution in [0.15, 0.2) is 35.4 Å². The third kappa shape index (κ3) is 3.96. The number of carbonyl (C=O) groups excluding carboxylic acids is 3. The summed E-state index contributed by atoms with van der Waals surface area (Å²) in [5.74, 6) is -0.392. The number of carbonyl (C=O) groups is 3. The minimum Gasteiger partial charge on any atom is -0.449 e. The molecule has 1 unspecified atom stereocenters. The molecule has 0 aromatic heterocycles. The van der Waals surface area contributed by atoms with Crippen molar-refractivity contribution < 1.29 is 19.1 Å². The van der Waals surface area contributed by atoms with Crippen LogP contribution in [0.1, 0.15) is 27.2 Å². The summed E-state index contributed by atoms with van der Waals surface area (Å²) in [7, 11) is 0. The van der Waals surface area contributed by atoms with Crippen molar-refractivity contribution in [3.63, 3.8) is 0 Å². The molecule has 0 bridgehead atoms. The van der Waals surface area contributed by atoms with Gasteiger partial charge in [-0.25, -0.2) is 19.9 Å². The fraction of sp³-hybridized carbons (Fsp3) is 0.412. The Hall–Kier alpha value is -2.90. The van der Waals surface area contributed by atoms with Crippen LogP contribution < -0.4 is 10.3 Å². The lowest BCUT2D eigenvalue weighted by Crippen LogP contribution is -2.41. The number of anilines is 1. The maximum absolute atomic E-state index is 12.9. The van der Waals surface area contributed by atoms with E-state index >= 15 is 0 Å². The Morgan fingerprint density at radius 2 is 1.92 bits per heavy atom. The van der Waals surface area contributed by atoms with Crippen molar-refractivity contribution in [2.24, 2.45) is 5.10 Å². The predicted molar refractivity (Wildman–Crippen MR) is 93.4 cm³/mol. The number of amides is 4. The van der Waals surface area contributed by atoms with Gasteiger partial charge in [0.1, 0.15) is 0 Å². The molecular formula is C17H22N4O4. The van der Waals surface area contributed by atoms with Gasteiger partial charge >= 0.3 is 12.1 Å². The first-order chi connectivity index (χ1) is 12.0. The first kappa shape index (κ1) is 18.4. The molecule has 4 amide bonds. The number of hydrogen-bond donors (Lipinski definition) is 1. The SMILES string of the molecule is CCCN1C(=O)N(c2ccccc2)C(=O)C1/C(C)=N/NC(=O)OCC. The standard InChI is InChI=1S/C17H22N4O4/c1-4-11-20-14(12(3)18-19-16(23)25-5-2)15(22)21(17(20)24)13-9-7-6-8-10-13/h6-10,14H,4-5,11H2,1-3H3,(H,19,23)/b18-12+. The van der Waals surface area contributed by atoms with Crippen LogP contribution >= 0.6 is 0 Å². The maximum Gasteiger partial charge on any atom is 0.427 e. The topological polar surface area (TPSA) is 91.3 Å². The number of nitrogens with one attached hydrogen (secondary N) is 1. The molecular weight excluding hydrogens is 324 g/mol. The van der Waals surface area contributed by atoms with E-state index in [9.17, 15) is 14.4 Å². The summed E-state index contributed by atoms with van der Waals surface area (Å²) in [6.07, 6.45) is -0.0166. The van der Waals surface area contributed by atoms with E-state index in [2.05, 4.69) is 10.5 Å². The number of nitrogens with zero attached hydrogens (tertiary/aromatic N) is 3. The average Bonchev–Trinajstić information content (AvgIpc) is 2.84. The van der Waals surface area contributed by atoms with Crippen molar-refractivity contribution in [1.29, 1.82) is 0 Å². The number of para-hydroxylation sites is 1. The normalized spacial score (nSPS) is 17.9. The van der Waals surface area contributed by atoms with Gasteiger partial charge in [0.25, 0.3) is 5.91 Å². The van der Waals surface area contributed by atoms with E-state index in [0.717, 1.165) is 4.90 Å². The van der Waals surface area contributed by atoms with Crippen LogP contribution in [-0.2, 0) is 9.53 Å². The van der Waals surface area contributed by atoms with Crippen LogP contribution in [0.3, 0.4) is 0 Å². The highest BCUT2D eigenvalue weighted by molar-refractivity contribution is 6.28. The highest BCUT2D eigenvalue weighted by Crippen LogP contribution is 2.25. The largest absolute Gasteiger partial charge is 0.449 e. The van der Waals surface area contributed by atoms with Crippen molar-refractivity contribution >= 4 is 29.4 Å². The molecule has 1 saturated heterocycles. The van der Waals surface area contributed by atoms with Crippen LogP contribution in [0.5, 0.6) is 0 Å². The van der Waals surface area contributed by atoms with Crippen LogP contribution in [-0.4, -0.2) is 47.8 Å². The molecule has 8 heteroatoms. The Kier molecular flexibility index (Phi) is 6.10. The van der Waals surface area contributed by atoms with E-state index in [0.29, 0.717) is 24.4 Å². The first-order valence-corrected chi connectivity index (χ1v) is 8.17. The molecule has 1 aromatic carbocycles. The number of ether oxygens (including phenoxy) is 1. The number of hydrazone groups is 1. The van der Waals surface area contributed by atoms with E-state index in [1.807, 2.05) is 13.0 Å². The zero-order valence-corrected chi connectivity index (χ0v) is 14.6. The van der Waals surface area contributed by atoms with Gasteiger partial charge in [-0.1, -0.05) is 25.1 Å². The molecule has 1 heterocycles. The van der Waals surface area contributed by atoms with Crippen LogP contribution in [0.25, 0.3) is 0 Å². The number of urea groups is 1. The second kappa shape index (κ2) is 8.27. The quantitative estimate of drug-likeness (QED) is 0.486. The van der Waals surface area contributed by atoms with Gasteiger partial charge in [-0.05, 0) is 32.4 Å². The number of benzene rings is 1. The Balaban J connectivity index is 2.28. The van der Waals surface area contributed by atoms with Crippen molar-refractivity contribution in [3.8, 4) is 0 Å². The zero-order chi connectivity index (χ0) is 18.4. The van der Waals surface area contributed by atoms with E-state index in [1.54, 1.807) is 38.1 Å². The molecule has 25 heavy (non-hydrogen) atoms. The van der Waals surface area contributed by atoms with E-state index in [1.165, 1.54) is 4.90 Å².